The van der Waals surface area contributed by atoms with E-state index < -0.39 is 33.7 Å². The number of halogens is 2. The maximum absolute atomic E-state index is 13.1. The number of carbonyl (C=O) groups is 1. The van der Waals surface area contributed by atoms with Gasteiger partial charge in [-0.15, -0.1) is 0 Å². The van der Waals surface area contributed by atoms with E-state index in [0.717, 1.165) is 0 Å². The topological polar surface area (TPSA) is 96.0 Å². The van der Waals surface area contributed by atoms with Crippen LogP contribution in [0, 0.1) is 33.2 Å². The zero-order chi connectivity index (χ0) is 12.3. The van der Waals surface area contributed by atoms with Crippen molar-refractivity contribution in [2.45, 2.75) is 0 Å². The van der Waals surface area contributed by atoms with E-state index in [1.165, 1.54) is 6.19 Å². The predicted molar refractivity (Wildman–Crippen MR) is 46.1 cm³/mol. The molecule has 0 aliphatic carbocycles. The third-order valence-corrected chi connectivity index (χ3v) is 1.65. The number of hydrogen-bond acceptors (Lipinski definition) is 4. The molecule has 0 saturated carbocycles. The Hall–Kier alpha value is -2.56. The van der Waals surface area contributed by atoms with Gasteiger partial charge in [0.05, 0.1) is 16.6 Å². The first-order chi connectivity index (χ1) is 7.47. The van der Waals surface area contributed by atoms with E-state index in [-0.39, 0.29) is 6.07 Å². The standard InChI is InChI=1S/C8H3F2N3O3/c9-5-2-7(13(15)16)6(10)1-4(5)8(14)12-3-11/h1-2H,(H,12,14). The summed E-state index contributed by atoms with van der Waals surface area (Å²) in [6.45, 7) is 0. The van der Waals surface area contributed by atoms with Gasteiger partial charge in [0.25, 0.3) is 5.91 Å². The van der Waals surface area contributed by atoms with Gasteiger partial charge < -0.3 is 0 Å². The number of nitrogens with zero attached hydrogens (tertiary/aromatic N) is 2. The van der Waals surface area contributed by atoms with Gasteiger partial charge in [-0.1, -0.05) is 0 Å². The second-order valence-corrected chi connectivity index (χ2v) is 2.61. The van der Waals surface area contributed by atoms with Crippen LogP contribution in [-0.4, -0.2) is 10.8 Å². The molecule has 0 saturated heterocycles. The Bertz CT molecular complexity index is 510. The Kier molecular flexibility index (Phi) is 3.10. The molecule has 16 heavy (non-hydrogen) atoms. The van der Waals surface area contributed by atoms with Crippen molar-refractivity contribution in [1.82, 2.24) is 5.32 Å². The quantitative estimate of drug-likeness (QED) is 0.354. The zero-order valence-corrected chi connectivity index (χ0v) is 7.53. The molecule has 82 valence electrons. The van der Waals surface area contributed by atoms with Gasteiger partial charge in [-0.3, -0.25) is 20.2 Å². The Labute approximate surface area is 87.2 Å². The second kappa shape index (κ2) is 4.31. The second-order valence-electron chi connectivity index (χ2n) is 2.61. The van der Waals surface area contributed by atoms with Gasteiger partial charge >= 0.3 is 5.69 Å². The fourth-order valence-corrected chi connectivity index (χ4v) is 0.968. The number of hydrogen-bond donors (Lipinski definition) is 1. The minimum atomic E-state index is -1.35. The maximum Gasteiger partial charge on any atom is 0.307 e. The van der Waals surface area contributed by atoms with Gasteiger partial charge in [-0.05, 0) is 6.07 Å². The highest BCUT2D eigenvalue weighted by Crippen LogP contribution is 2.21. The highest BCUT2D eigenvalue weighted by molar-refractivity contribution is 5.95. The molecule has 0 unspecified atom stereocenters. The van der Waals surface area contributed by atoms with E-state index >= 15 is 0 Å². The van der Waals surface area contributed by atoms with Crippen molar-refractivity contribution < 1.29 is 18.5 Å². The van der Waals surface area contributed by atoms with Gasteiger partial charge in [-0.25, -0.2) is 4.39 Å². The van der Waals surface area contributed by atoms with Crippen LogP contribution in [0.25, 0.3) is 0 Å². The van der Waals surface area contributed by atoms with Gasteiger partial charge in [0, 0.05) is 0 Å². The highest BCUT2D eigenvalue weighted by Gasteiger charge is 2.21. The lowest BCUT2D eigenvalue weighted by molar-refractivity contribution is -0.387. The van der Waals surface area contributed by atoms with E-state index in [9.17, 15) is 23.7 Å². The van der Waals surface area contributed by atoms with E-state index in [1.807, 2.05) is 0 Å². The average molecular weight is 227 g/mol. The molecule has 1 amide bonds. The summed E-state index contributed by atoms with van der Waals surface area (Å²) in [6, 6.07) is 0.641. The Balaban J connectivity index is 3.26. The zero-order valence-electron chi connectivity index (χ0n) is 7.53. The van der Waals surface area contributed by atoms with Crippen LogP contribution in [0.5, 0.6) is 0 Å². The van der Waals surface area contributed by atoms with E-state index in [0.29, 0.717) is 6.07 Å². The molecule has 1 aromatic carbocycles. The molecule has 0 atom stereocenters. The van der Waals surface area contributed by atoms with Crippen molar-refractivity contribution in [2.24, 2.45) is 0 Å². The fourth-order valence-electron chi connectivity index (χ4n) is 0.968. The van der Waals surface area contributed by atoms with E-state index in [4.69, 9.17) is 5.26 Å². The monoisotopic (exact) mass is 227 g/mol. The van der Waals surface area contributed by atoms with Gasteiger partial charge in [0.15, 0.2) is 6.19 Å². The minimum absolute atomic E-state index is 0.279. The highest BCUT2D eigenvalue weighted by atomic mass is 19.1. The van der Waals surface area contributed by atoms with Crippen molar-refractivity contribution in [1.29, 1.82) is 5.26 Å². The van der Waals surface area contributed by atoms with Gasteiger partial charge in [0.1, 0.15) is 5.82 Å². The lowest BCUT2D eigenvalue weighted by Crippen LogP contribution is -2.19. The fraction of sp³-hybridized carbons (Fsp3) is 0. The number of nitrogens with one attached hydrogen (secondary N) is 1. The van der Waals surface area contributed by atoms with E-state index in [1.54, 1.807) is 5.32 Å². The third-order valence-electron chi connectivity index (χ3n) is 1.65. The summed E-state index contributed by atoms with van der Waals surface area (Å²) in [6.07, 6.45) is 1.23. The van der Waals surface area contributed by atoms with Crippen LogP contribution in [0.15, 0.2) is 12.1 Å². The van der Waals surface area contributed by atoms with Gasteiger partial charge in [-0.2, -0.15) is 9.65 Å². The Morgan fingerprint density at radius 1 is 1.44 bits per heavy atom. The molecule has 0 aliphatic rings. The van der Waals surface area contributed by atoms with Crippen LogP contribution < -0.4 is 5.32 Å². The number of carbonyl (C=O) groups excluding carboxylic acids is 1. The summed E-state index contributed by atoms with van der Waals surface area (Å²) < 4.78 is 26.1. The maximum atomic E-state index is 13.1. The minimum Gasteiger partial charge on any atom is -0.268 e. The van der Waals surface area contributed by atoms with Gasteiger partial charge in [0.2, 0.25) is 5.82 Å². The van der Waals surface area contributed by atoms with Crippen molar-refractivity contribution >= 4 is 11.6 Å². The summed E-state index contributed by atoms with van der Waals surface area (Å²) >= 11 is 0. The number of nitro benzene ring substituents is 1. The molecule has 8 heteroatoms. The third kappa shape index (κ3) is 2.09. The molecule has 1 rings (SSSR count). The van der Waals surface area contributed by atoms with Crippen LogP contribution in [0.1, 0.15) is 10.4 Å². The summed E-state index contributed by atoms with van der Waals surface area (Å²) in [5.74, 6) is -3.80. The van der Waals surface area contributed by atoms with Crippen LogP contribution >= 0.6 is 0 Å². The van der Waals surface area contributed by atoms with Crippen LogP contribution in [-0.2, 0) is 0 Å². The SMILES string of the molecule is N#CNC(=O)c1cc(F)c([N+](=O)[O-])cc1F. The molecule has 6 nitrogen and oxygen atoms in total. The molecular weight excluding hydrogens is 224 g/mol. The first-order valence-electron chi connectivity index (χ1n) is 3.80. The summed E-state index contributed by atoms with van der Waals surface area (Å²) in [5.41, 5.74) is -1.85. The molecule has 1 N–H and O–H groups in total. The molecule has 0 heterocycles. The lowest BCUT2D eigenvalue weighted by atomic mass is 10.1. The summed E-state index contributed by atoms with van der Waals surface area (Å²) in [4.78, 5) is 20.1. The first kappa shape index (κ1) is 11.5. The summed E-state index contributed by atoms with van der Waals surface area (Å²) in [5, 5.41) is 19.9. The van der Waals surface area contributed by atoms with Crippen LogP contribution in [0.4, 0.5) is 14.5 Å². The average Bonchev–Trinajstić information content (AvgIpc) is 2.20. The number of nitro groups is 1. The van der Waals surface area contributed by atoms with Crippen molar-refractivity contribution in [3.05, 3.63) is 39.4 Å². The molecule has 0 bridgehead atoms. The molecule has 1 aromatic rings. The Morgan fingerprint density at radius 2 is 2.06 bits per heavy atom. The molecule has 0 spiro atoms. The van der Waals surface area contributed by atoms with E-state index in [2.05, 4.69) is 0 Å². The number of nitriles is 1. The molecular formula is C8H3F2N3O3. The Morgan fingerprint density at radius 3 is 2.56 bits per heavy atom. The molecule has 0 fully saturated rings. The molecule has 0 aliphatic heterocycles. The smallest absolute Gasteiger partial charge is 0.268 e. The number of benzene rings is 1. The van der Waals surface area contributed by atoms with Crippen molar-refractivity contribution in [3.63, 3.8) is 0 Å². The van der Waals surface area contributed by atoms with Crippen molar-refractivity contribution in [2.75, 3.05) is 0 Å². The predicted octanol–water partition coefficient (Wildman–Crippen LogP) is 1.08. The molecule has 0 aromatic heterocycles. The number of rotatable bonds is 2. The van der Waals surface area contributed by atoms with Crippen LogP contribution in [0.2, 0.25) is 0 Å². The number of amides is 1. The molecule has 0 radical (unpaired) electrons. The van der Waals surface area contributed by atoms with Crippen LogP contribution in [0.3, 0.4) is 0 Å². The van der Waals surface area contributed by atoms with Crippen molar-refractivity contribution in [3.8, 4) is 6.19 Å². The summed E-state index contributed by atoms with van der Waals surface area (Å²) in [7, 11) is 0. The normalized spacial score (nSPS) is 9.31. The lowest BCUT2D eigenvalue weighted by Gasteiger charge is -2.00. The first-order valence-corrected chi connectivity index (χ1v) is 3.80. The largest absolute Gasteiger partial charge is 0.307 e.